The summed E-state index contributed by atoms with van der Waals surface area (Å²) < 4.78 is 22.9. The molecule has 2 aliphatic carbocycles. The Balaban J connectivity index is 1.11. The van der Waals surface area contributed by atoms with E-state index in [4.69, 9.17) is 18.9 Å². The molecule has 1 N–H and O–H groups in total. The molecule has 202 valence electrons. The predicted octanol–water partition coefficient (Wildman–Crippen LogP) is 4.46. The van der Waals surface area contributed by atoms with Crippen molar-refractivity contribution in [3.63, 3.8) is 0 Å². The highest BCUT2D eigenvalue weighted by molar-refractivity contribution is 6.02. The minimum Gasteiger partial charge on any atom is -0.493 e. The molecule has 0 fully saturated rings. The van der Waals surface area contributed by atoms with E-state index in [1.807, 2.05) is 24.3 Å². The van der Waals surface area contributed by atoms with E-state index in [0.717, 1.165) is 74.4 Å². The minimum atomic E-state index is -0.472. The van der Waals surface area contributed by atoms with Crippen molar-refractivity contribution in [1.82, 2.24) is 4.90 Å². The van der Waals surface area contributed by atoms with Crippen molar-refractivity contribution >= 4 is 5.78 Å². The van der Waals surface area contributed by atoms with E-state index in [-0.39, 0.29) is 23.2 Å². The van der Waals surface area contributed by atoms with Gasteiger partial charge >= 0.3 is 0 Å². The Kier molecular flexibility index (Phi) is 6.60. The van der Waals surface area contributed by atoms with Gasteiger partial charge in [-0.2, -0.15) is 0 Å². The third kappa shape index (κ3) is 4.07. The first-order valence-electron chi connectivity index (χ1n) is 13.7. The molecule has 4 aliphatic rings. The summed E-state index contributed by atoms with van der Waals surface area (Å²) in [6, 6.07) is 7.99. The second kappa shape index (κ2) is 9.93. The molecule has 2 aliphatic heterocycles. The van der Waals surface area contributed by atoms with E-state index < -0.39 is 6.10 Å². The summed E-state index contributed by atoms with van der Waals surface area (Å²) in [6.07, 6.45) is 8.87. The molecule has 2 aromatic carbocycles. The highest BCUT2D eigenvalue weighted by Crippen LogP contribution is 2.55. The third-order valence-electron chi connectivity index (χ3n) is 9.02. The van der Waals surface area contributed by atoms with Crippen LogP contribution in [-0.4, -0.2) is 62.4 Å². The van der Waals surface area contributed by atoms with Crippen LogP contribution in [0.25, 0.3) is 0 Å². The molecule has 2 heterocycles. The molecule has 7 nitrogen and oxygen atoms in total. The fraction of sp³-hybridized carbons (Fsp3) is 0.516. The standard InChI is InChI=1S/C31H37NO6/c1-35-24-8-7-20-18-32(13-11-31-10-9-22(33)16-27(31)38-30(24)28(20)31)12-5-4-6-19-14-21-15-25(36-2)26(37-3)17-23(21)29(19)34/h7-10,15,17,19,22,27,33H,4-6,11-14,16,18H2,1-3H3. The van der Waals surface area contributed by atoms with Crippen molar-refractivity contribution in [3.8, 4) is 23.0 Å². The summed E-state index contributed by atoms with van der Waals surface area (Å²) in [7, 11) is 4.92. The molecule has 2 aromatic rings. The Bertz CT molecular complexity index is 1270. The lowest BCUT2D eigenvalue weighted by Crippen LogP contribution is -2.43. The number of hydrogen-bond acceptors (Lipinski definition) is 7. The molecule has 7 heteroatoms. The monoisotopic (exact) mass is 519 g/mol. The minimum absolute atomic E-state index is 0.0345. The molecule has 4 unspecified atom stereocenters. The number of fused-ring (bicyclic) bond motifs is 1. The number of ketones is 1. The number of methoxy groups -OCH3 is 3. The van der Waals surface area contributed by atoms with Crippen molar-refractivity contribution in [2.75, 3.05) is 34.4 Å². The summed E-state index contributed by atoms with van der Waals surface area (Å²) >= 11 is 0. The maximum absolute atomic E-state index is 13.1. The van der Waals surface area contributed by atoms with Crippen LogP contribution >= 0.6 is 0 Å². The van der Waals surface area contributed by atoms with Crippen LogP contribution in [0.3, 0.4) is 0 Å². The van der Waals surface area contributed by atoms with Crippen LogP contribution in [0, 0.1) is 5.92 Å². The van der Waals surface area contributed by atoms with Gasteiger partial charge in [0.1, 0.15) is 6.10 Å². The zero-order chi connectivity index (χ0) is 26.4. The van der Waals surface area contributed by atoms with Gasteiger partial charge in [-0.05, 0) is 68.1 Å². The number of rotatable bonds is 8. The van der Waals surface area contributed by atoms with Gasteiger partial charge in [0, 0.05) is 30.0 Å². The zero-order valence-electron chi connectivity index (χ0n) is 22.5. The third-order valence-corrected chi connectivity index (χ3v) is 9.02. The van der Waals surface area contributed by atoms with Gasteiger partial charge in [-0.1, -0.05) is 24.6 Å². The zero-order valence-corrected chi connectivity index (χ0v) is 22.5. The molecule has 1 spiro atoms. The van der Waals surface area contributed by atoms with Crippen LogP contribution in [0.15, 0.2) is 36.4 Å². The van der Waals surface area contributed by atoms with Crippen LogP contribution in [0.4, 0.5) is 0 Å². The first-order chi connectivity index (χ1) is 18.5. The van der Waals surface area contributed by atoms with Crippen LogP contribution in [0.5, 0.6) is 23.0 Å². The second-order valence-electron chi connectivity index (χ2n) is 11.1. The van der Waals surface area contributed by atoms with E-state index in [9.17, 15) is 9.90 Å². The lowest BCUT2D eigenvalue weighted by atomic mass is 9.69. The van der Waals surface area contributed by atoms with E-state index in [1.165, 1.54) is 11.1 Å². The van der Waals surface area contributed by atoms with Crippen LogP contribution in [0.2, 0.25) is 0 Å². The van der Waals surface area contributed by atoms with Crippen molar-refractivity contribution < 1.29 is 28.8 Å². The van der Waals surface area contributed by atoms with Crippen LogP contribution in [0.1, 0.15) is 59.2 Å². The Hall–Kier alpha value is -3.03. The van der Waals surface area contributed by atoms with Gasteiger partial charge in [0.25, 0.3) is 0 Å². The van der Waals surface area contributed by atoms with E-state index in [0.29, 0.717) is 17.9 Å². The van der Waals surface area contributed by atoms with E-state index in [2.05, 4.69) is 17.0 Å². The number of carbonyl (C=O) groups is 1. The topological polar surface area (TPSA) is 77.5 Å². The lowest BCUT2D eigenvalue weighted by molar-refractivity contribution is 0.0809. The highest BCUT2D eigenvalue weighted by Gasteiger charge is 2.52. The largest absolute Gasteiger partial charge is 0.493 e. The van der Waals surface area contributed by atoms with Gasteiger partial charge in [0.15, 0.2) is 28.8 Å². The van der Waals surface area contributed by atoms with Gasteiger partial charge in [0.2, 0.25) is 0 Å². The number of Topliss-reactive ketones (excluding diaryl/α,β-unsaturated/α-hetero) is 1. The smallest absolute Gasteiger partial charge is 0.166 e. The quantitative estimate of drug-likeness (QED) is 0.408. The average Bonchev–Trinajstić information content (AvgIpc) is 3.36. The molecule has 0 saturated heterocycles. The number of aliphatic hydroxyl groups excluding tert-OH is 1. The van der Waals surface area contributed by atoms with Crippen molar-refractivity contribution in [2.24, 2.45) is 5.92 Å². The molecule has 0 amide bonds. The number of ether oxygens (including phenoxy) is 4. The van der Waals surface area contributed by atoms with Crippen molar-refractivity contribution in [1.29, 1.82) is 0 Å². The maximum atomic E-state index is 13.1. The Morgan fingerprint density at radius 1 is 1.05 bits per heavy atom. The molecule has 0 aromatic heterocycles. The molecule has 0 saturated carbocycles. The number of benzene rings is 2. The first-order valence-corrected chi connectivity index (χ1v) is 13.7. The van der Waals surface area contributed by atoms with Crippen LogP contribution in [-0.2, 0) is 18.4 Å². The van der Waals surface area contributed by atoms with Crippen LogP contribution < -0.4 is 18.9 Å². The van der Waals surface area contributed by atoms with Gasteiger partial charge < -0.3 is 24.1 Å². The molecule has 4 atom stereocenters. The first kappa shape index (κ1) is 25.3. The Labute approximate surface area is 224 Å². The number of unbranched alkanes of at least 4 members (excludes halogenated alkanes) is 1. The number of nitrogens with zero attached hydrogens (tertiary/aromatic N) is 1. The van der Waals surface area contributed by atoms with Gasteiger partial charge in [-0.3, -0.25) is 9.69 Å². The van der Waals surface area contributed by atoms with Gasteiger partial charge in [-0.15, -0.1) is 0 Å². The molecule has 6 rings (SSSR count). The summed E-state index contributed by atoms with van der Waals surface area (Å²) in [4.78, 5) is 15.6. The maximum Gasteiger partial charge on any atom is 0.166 e. The summed E-state index contributed by atoms with van der Waals surface area (Å²) in [6.45, 7) is 2.82. The molecule has 0 radical (unpaired) electrons. The second-order valence-corrected chi connectivity index (χ2v) is 11.1. The van der Waals surface area contributed by atoms with E-state index in [1.54, 1.807) is 21.3 Å². The summed E-state index contributed by atoms with van der Waals surface area (Å²) in [5.74, 6) is 3.18. The number of hydrogen-bond donors (Lipinski definition) is 1. The highest BCUT2D eigenvalue weighted by atomic mass is 16.5. The molecule has 38 heavy (non-hydrogen) atoms. The average molecular weight is 520 g/mol. The summed E-state index contributed by atoms with van der Waals surface area (Å²) in [5, 5.41) is 10.3. The molecular formula is C31H37NO6. The molecule has 0 bridgehead atoms. The molecular weight excluding hydrogens is 482 g/mol. The van der Waals surface area contributed by atoms with E-state index >= 15 is 0 Å². The van der Waals surface area contributed by atoms with Crippen molar-refractivity contribution in [2.45, 2.75) is 62.7 Å². The van der Waals surface area contributed by atoms with Gasteiger partial charge in [-0.25, -0.2) is 0 Å². The summed E-state index contributed by atoms with van der Waals surface area (Å²) in [5.41, 5.74) is 4.16. The fourth-order valence-corrected chi connectivity index (χ4v) is 7.04. The lowest BCUT2D eigenvalue weighted by Gasteiger charge is -2.36. The van der Waals surface area contributed by atoms with Gasteiger partial charge in [0.05, 0.1) is 32.8 Å². The Morgan fingerprint density at radius 2 is 1.84 bits per heavy atom. The number of carbonyl (C=O) groups excluding carboxylic acids is 1. The van der Waals surface area contributed by atoms with Crippen molar-refractivity contribution in [3.05, 3.63) is 58.7 Å². The Morgan fingerprint density at radius 3 is 2.63 bits per heavy atom. The SMILES string of the molecule is COc1cc2c(cc1OC)C(=O)C(CCCCN1CCC34C=CC(O)CC3Oc3c(OC)ccc(c34)C1)C2. The number of aliphatic hydroxyl groups is 1. The normalized spacial score (nSPS) is 27.3. The fourth-order valence-electron chi connectivity index (χ4n) is 7.04. The predicted molar refractivity (Wildman–Crippen MR) is 144 cm³/mol.